The van der Waals surface area contributed by atoms with Crippen molar-refractivity contribution in [1.29, 1.82) is 0 Å². The van der Waals surface area contributed by atoms with Crippen LogP contribution < -0.4 is 9.80 Å². The fourth-order valence-electron chi connectivity index (χ4n) is 11.9. The number of hydrogen-bond acceptors (Lipinski definition) is 2. The van der Waals surface area contributed by atoms with Crippen LogP contribution in [0.4, 0.5) is 11.4 Å². The molecule has 2 heteroatoms. The molecule has 8 aliphatic rings. The molecule has 0 fully saturated rings. The maximum atomic E-state index is 2.75. The Morgan fingerprint density at radius 1 is 0.719 bits per heavy atom. The van der Waals surface area contributed by atoms with E-state index in [0.29, 0.717) is 35.6 Å². The Kier molecular flexibility index (Phi) is 8.53. The van der Waals surface area contributed by atoms with E-state index in [2.05, 4.69) is 188 Å². The molecule has 3 aromatic rings. The molecule has 0 saturated heterocycles. The van der Waals surface area contributed by atoms with Crippen molar-refractivity contribution < 1.29 is 0 Å². The summed E-state index contributed by atoms with van der Waals surface area (Å²) in [6.07, 6.45) is 44.4. The van der Waals surface area contributed by atoms with Gasteiger partial charge in [0.25, 0.3) is 0 Å². The minimum Gasteiger partial charge on any atom is -0.337 e. The number of benzene rings is 3. The Hall–Kier alpha value is -5.34. The van der Waals surface area contributed by atoms with Gasteiger partial charge in [-0.15, -0.1) is 0 Å². The van der Waals surface area contributed by atoms with Crippen molar-refractivity contribution in [2.75, 3.05) is 9.80 Å². The van der Waals surface area contributed by atoms with Gasteiger partial charge in [0, 0.05) is 45.9 Å². The predicted octanol–water partition coefficient (Wildman–Crippen LogP) is 13.4. The predicted molar refractivity (Wildman–Crippen MR) is 239 cm³/mol. The second-order valence-corrected chi connectivity index (χ2v) is 18.1. The smallest absolute Gasteiger partial charge is 0.0594 e. The van der Waals surface area contributed by atoms with E-state index in [9.17, 15) is 0 Å². The third-order valence-electron chi connectivity index (χ3n) is 14.7. The molecule has 0 N–H and O–H groups in total. The highest BCUT2D eigenvalue weighted by Gasteiger charge is 2.45. The first-order valence-electron chi connectivity index (χ1n) is 21.8. The van der Waals surface area contributed by atoms with Gasteiger partial charge < -0.3 is 9.80 Å². The summed E-state index contributed by atoms with van der Waals surface area (Å²) in [5.41, 5.74) is 15.9. The van der Waals surface area contributed by atoms with Crippen LogP contribution in [0.3, 0.4) is 0 Å². The summed E-state index contributed by atoms with van der Waals surface area (Å²) in [5.74, 6) is 2.42. The lowest BCUT2D eigenvalue weighted by Gasteiger charge is -2.42. The van der Waals surface area contributed by atoms with Crippen LogP contribution in [0.1, 0.15) is 92.9 Å². The quantitative estimate of drug-likeness (QED) is 0.232. The number of hydrogen-bond donors (Lipinski definition) is 0. The Morgan fingerprint density at radius 3 is 2.46 bits per heavy atom. The number of fused-ring (bicyclic) bond motifs is 7. The molecule has 0 saturated carbocycles. The van der Waals surface area contributed by atoms with Crippen LogP contribution in [-0.2, 0) is 5.41 Å². The molecule has 2 nitrogen and oxygen atoms in total. The molecule has 0 radical (unpaired) electrons. The zero-order valence-corrected chi connectivity index (χ0v) is 33.5. The molecule has 57 heavy (non-hydrogen) atoms. The molecule has 0 bridgehead atoms. The fraction of sp³-hybridized carbons (Fsp3) is 0.309. The van der Waals surface area contributed by atoms with Crippen LogP contribution in [-0.4, -0.2) is 12.1 Å². The van der Waals surface area contributed by atoms with Gasteiger partial charge in [0.2, 0.25) is 0 Å². The topological polar surface area (TPSA) is 6.48 Å². The van der Waals surface area contributed by atoms with E-state index in [4.69, 9.17) is 0 Å². The number of rotatable bonds is 6. The minimum atomic E-state index is -0.0219. The van der Waals surface area contributed by atoms with E-state index in [1.54, 1.807) is 0 Å². The first-order chi connectivity index (χ1) is 28.0. The number of allylic oxidation sites excluding steroid dienone is 16. The van der Waals surface area contributed by atoms with Crippen LogP contribution in [0.5, 0.6) is 0 Å². The molecule has 3 aromatic carbocycles. The summed E-state index contributed by atoms with van der Waals surface area (Å²) in [7, 11) is 0. The van der Waals surface area contributed by atoms with Gasteiger partial charge in [-0.05, 0) is 120 Å². The first kappa shape index (κ1) is 34.9. The molecule has 11 rings (SSSR count). The molecular weight excluding hydrogens is 689 g/mol. The van der Waals surface area contributed by atoms with Crippen molar-refractivity contribution in [1.82, 2.24) is 0 Å². The highest BCUT2D eigenvalue weighted by molar-refractivity contribution is 5.91. The van der Waals surface area contributed by atoms with Crippen LogP contribution in [0.15, 0.2) is 186 Å². The molecular formula is C55H54N2. The zero-order chi connectivity index (χ0) is 38.1. The summed E-state index contributed by atoms with van der Waals surface area (Å²) in [5, 5.41) is 0. The molecule has 1 aliphatic heterocycles. The highest BCUT2D eigenvalue weighted by Crippen LogP contribution is 2.55. The van der Waals surface area contributed by atoms with Crippen LogP contribution in [0.25, 0.3) is 5.57 Å². The van der Waals surface area contributed by atoms with E-state index >= 15 is 0 Å². The number of anilines is 2. The second-order valence-electron chi connectivity index (χ2n) is 18.1. The van der Waals surface area contributed by atoms with Crippen molar-refractivity contribution in [3.63, 3.8) is 0 Å². The van der Waals surface area contributed by atoms with Gasteiger partial charge in [-0.3, -0.25) is 0 Å². The Labute approximate surface area is 340 Å². The molecule has 7 aliphatic carbocycles. The lowest BCUT2D eigenvalue weighted by atomic mass is 9.75. The maximum absolute atomic E-state index is 2.75. The average molecular weight is 743 g/mol. The van der Waals surface area contributed by atoms with Crippen molar-refractivity contribution >= 4 is 16.9 Å². The van der Waals surface area contributed by atoms with E-state index in [1.165, 1.54) is 74.6 Å². The van der Waals surface area contributed by atoms with Gasteiger partial charge in [0.05, 0.1) is 12.1 Å². The van der Waals surface area contributed by atoms with E-state index in [1.807, 2.05) is 0 Å². The van der Waals surface area contributed by atoms with Gasteiger partial charge in [0.1, 0.15) is 0 Å². The van der Waals surface area contributed by atoms with Crippen LogP contribution in [0.2, 0.25) is 0 Å². The van der Waals surface area contributed by atoms with E-state index in [0.717, 1.165) is 32.1 Å². The fourth-order valence-corrected chi connectivity index (χ4v) is 11.9. The Balaban J connectivity index is 0.941. The maximum Gasteiger partial charge on any atom is 0.0594 e. The van der Waals surface area contributed by atoms with E-state index in [-0.39, 0.29) is 11.5 Å². The van der Waals surface area contributed by atoms with Crippen molar-refractivity contribution in [3.05, 3.63) is 209 Å². The van der Waals surface area contributed by atoms with Gasteiger partial charge in [0.15, 0.2) is 0 Å². The Morgan fingerprint density at radius 2 is 1.58 bits per heavy atom. The van der Waals surface area contributed by atoms with Crippen molar-refractivity contribution in [3.8, 4) is 0 Å². The third kappa shape index (κ3) is 5.73. The van der Waals surface area contributed by atoms with Crippen molar-refractivity contribution in [2.45, 2.75) is 88.1 Å². The Bertz CT molecular complexity index is 2430. The summed E-state index contributed by atoms with van der Waals surface area (Å²) >= 11 is 0. The van der Waals surface area contributed by atoms with Gasteiger partial charge in [-0.1, -0.05) is 153 Å². The molecule has 1 heterocycles. The van der Waals surface area contributed by atoms with Gasteiger partial charge >= 0.3 is 0 Å². The summed E-state index contributed by atoms with van der Waals surface area (Å²) < 4.78 is 0. The molecule has 0 aromatic heterocycles. The van der Waals surface area contributed by atoms with Crippen molar-refractivity contribution in [2.24, 2.45) is 17.8 Å². The number of nitrogens with zero attached hydrogens (tertiary/aromatic N) is 2. The third-order valence-corrected chi connectivity index (χ3v) is 14.7. The lowest BCUT2D eigenvalue weighted by molar-refractivity contribution is 0.423. The molecule has 284 valence electrons. The van der Waals surface area contributed by atoms with E-state index < -0.39 is 0 Å². The second kappa shape index (κ2) is 13.9. The summed E-state index contributed by atoms with van der Waals surface area (Å²) in [6.45, 7) is 4.85. The molecule has 7 unspecified atom stereocenters. The molecule has 0 spiro atoms. The van der Waals surface area contributed by atoms with Gasteiger partial charge in [-0.2, -0.15) is 0 Å². The van der Waals surface area contributed by atoms with Crippen LogP contribution in [0, 0.1) is 17.8 Å². The standard InChI is InChI=1S/C55H54N2/c1-55(2)49-24-12-8-22-45(49)46-33-32-42(36-50(46)55)56(51-25-13-9-20-43(51)37-16-4-3-5-17-37)41-30-28-38(29-31-41)44-21-10-14-26-52(44)57-53-27-15-11-23-47(53)48-34-39-18-6-7-19-40(39)35-54(48)57/h3-4,6-15,18-20,22-28,30-31,33,35-39,42,44,48,54H,5,16-17,21,29,32,34H2,1-2H3. The van der Waals surface area contributed by atoms with Gasteiger partial charge in [-0.25, -0.2) is 0 Å². The number of para-hydroxylation sites is 2. The monoisotopic (exact) mass is 742 g/mol. The lowest BCUT2D eigenvalue weighted by Crippen LogP contribution is -2.40. The molecule has 7 atom stereocenters. The first-order valence-corrected chi connectivity index (χ1v) is 21.8. The molecule has 0 amide bonds. The minimum absolute atomic E-state index is 0.0219. The SMILES string of the molecule is CC1(C)C2=CC(N(C3=CCC(C4CC=CC=C4N4c5ccccc5C5CC6C=CC=CC6=CC54)C=C3)c3ccccc3C3CC=CCC3)CC=C2c2ccccc21. The zero-order valence-electron chi connectivity index (χ0n) is 33.5. The summed E-state index contributed by atoms with van der Waals surface area (Å²) in [6, 6.07) is 28.3. The average Bonchev–Trinajstić information content (AvgIpc) is 3.71. The normalized spacial score (nSPS) is 29.9. The van der Waals surface area contributed by atoms with Crippen LogP contribution >= 0.6 is 0 Å². The highest BCUT2D eigenvalue weighted by atomic mass is 15.2. The largest absolute Gasteiger partial charge is 0.337 e. The summed E-state index contributed by atoms with van der Waals surface area (Å²) in [4.78, 5) is 5.48.